The van der Waals surface area contributed by atoms with Crippen molar-refractivity contribution in [2.24, 2.45) is 10.9 Å². The summed E-state index contributed by atoms with van der Waals surface area (Å²) in [6.45, 7) is 3.58. The zero-order chi connectivity index (χ0) is 9.80. The molecule has 1 fully saturated rings. The van der Waals surface area contributed by atoms with Crippen LogP contribution in [0.1, 0.15) is 4.88 Å². The zero-order valence-corrected chi connectivity index (χ0v) is 8.67. The maximum atomic E-state index is 5.29. The fraction of sp³-hybridized carbons (Fsp3) is 0.444. The third-order valence-corrected chi connectivity index (χ3v) is 3.22. The van der Waals surface area contributed by atoms with Gasteiger partial charge in [0.1, 0.15) is 0 Å². The summed E-state index contributed by atoms with van der Waals surface area (Å²) >= 11 is 1.71. The summed E-state index contributed by atoms with van der Waals surface area (Å²) in [4.78, 5) is 3.41. The van der Waals surface area contributed by atoms with Crippen LogP contribution in [0.2, 0.25) is 0 Å². The molecule has 1 aromatic rings. The van der Waals surface area contributed by atoms with Crippen molar-refractivity contribution in [1.29, 1.82) is 0 Å². The van der Waals surface area contributed by atoms with E-state index in [1.54, 1.807) is 17.6 Å². The summed E-state index contributed by atoms with van der Waals surface area (Å²) in [7, 11) is 0. The van der Waals surface area contributed by atoms with Gasteiger partial charge in [0.2, 0.25) is 0 Å². The first-order chi connectivity index (χ1) is 6.90. The van der Waals surface area contributed by atoms with E-state index in [9.17, 15) is 0 Å². The van der Waals surface area contributed by atoms with E-state index in [2.05, 4.69) is 16.1 Å². The summed E-state index contributed by atoms with van der Waals surface area (Å²) in [6, 6.07) is 4.14. The molecule has 2 rings (SSSR count). The Labute approximate surface area is 87.0 Å². The number of rotatable bonds is 2. The lowest BCUT2D eigenvalue weighted by Crippen LogP contribution is -2.35. The molecule has 0 atom stereocenters. The molecule has 2 heterocycles. The van der Waals surface area contributed by atoms with Crippen molar-refractivity contribution in [1.82, 2.24) is 0 Å². The molecule has 0 radical (unpaired) electrons. The average molecular weight is 211 g/mol. The summed E-state index contributed by atoms with van der Waals surface area (Å²) in [5.74, 6) is 5.09. The van der Waals surface area contributed by atoms with Gasteiger partial charge >= 0.3 is 0 Å². The summed E-state index contributed by atoms with van der Waals surface area (Å²) in [5.41, 5.74) is 0. The number of nitrogens with two attached hydrogens (primary N) is 1. The molecule has 4 nitrogen and oxygen atoms in total. The highest BCUT2D eigenvalue weighted by Gasteiger charge is 2.12. The van der Waals surface area contributed by atoms with E-state index in [1.807, 2.05) is 6.07 Å². The van der Waals surface area contributed by atoms with E-state index in [0.29, 0.717) is 0 Å². The smallest absolute Gasteiger partial charge is 0.0916 e. The fourth-order valence-electron chi connectivity index (χ4n) is 1.44. The number of nitrogens with zero attached hydrogens (tertiary/aromatic N) is 2. The van der Waals surface area contributed by atoms with Gasteiger partial charge in [-0.2, -0.15) is 5.10 Å². The molecule has 1 aromatic heterocycles. The van der Waals surface area contributed by atoms with Crippen LogP contribution < -0.4 is 10.7 Å². The molecule has 1 saturated heterocycles. The lowest BCUT2D eigenvalue weighted by atomic mass is 10.4. The number of ether oxygens (including phenoxy) is 1. The van der Waals surface area contributed by atoms with Crippen LogP contribution in [0.15, 0.2) is 17.2 Å². The maximum absolute atomic E-state index is 5.29. The molecular weight excluding hydrogens is 198 g/mol. The molecular formula is C9H13N3OS. The largest absolute Gasteiger partial charge is 0.378 e. The van der Waals surface area contributed by atoms with Gasteiger partial charge in [0, 0.05) is 18.0 Å². The third-order valence-electron chi connectivity index (χ3n) is 2.14. The SMILES string of the molecule is N/N=C/c1ccc(N2CCOCC2)s1. The van der Waals surface area contributed by atoms with Crippen molar-refractivity contribution >= 4 is 22.6 Å². The van der Waals surface area contributed by atoms with Gasteiger partial charge in [0.25, 0.3) is 0 Å². The number of hydrogen-bond acceptors (Lipinski definition) is 5. The van der Waals surface area contributed by atoms with Crippen LogP contribution >= 0.6 is 11.3 Å². The van der Waals surface area contributed by atoms with E-state index in [4.69, 9.17) is 10.6 Å². The summed E-state index contributed by atoms with van der Waals surface area (Å²) in [5, 5.41) is 4.77. The van der Waals surface area contributed by atoms with Crippen LogP contribution in [-0.4, -0.2) is 32.5 Å². The van der Waals surface area contributed by atoms with Crippen LogP contribution in [0, 0.1) is 0 Å². The Bertz CT molecular complexity index is 318. The predicted octanol–water partition coefficient (Wildman–Crippen LogP) is 0.877. The highest BCUT2D eigenvalue weighted by atomic mass is 32.1. The Morgan fingerprint density at radius 3 is 2.93 bits per heavy atom. The molecule has 0 amide bonds. The fourth-order valence-corrected chi connectivity index (χ4v) is 2.38. The molecule has 0 bridgehead atoms. The minimum atomic E-state index is 0.818. The molecule has 0 aliphatic carbocycles. The lowest BCUT2D eigenvalue weighted by molar-refractivity contribution is 0.123. The highest BCUT2D eigenvalue weighted by Crippen LogP contribution is 2.25. The maximum Gasteiger partial charge on any atom is 0.0916 e. The predicted molar refractivity (Wildman–Crippen MR) is 59.1 cm³/mol. The van der Waals surface area contributed by atoms with Crippen LogP contribution in [0.4, 0.5) is 5.00 Å². The average Bonchev–Trinajstić information content (AvgIpc) is 2.68. The van der Waals surface area contributed by atoms with Gasteiger partial charge in [-0.1, -0.05) is 0 Å². The Morgan fingerprint density at radius 2 is 2.21 bits per heavy atom. The first-order valence-electron chi connectivity index (χ1n) is 4.56. The molecule has 0 saturated carbocycles. The van der Waals surface area contributed by atoms with E-state index in [1.165, 1.54) is 5.00 Å². The van der Waals surface area contributed by atoms with Crippen molar-refractivity contribution in [3.05, 3.63) is 17.0 Å². The van der Waals surface area contributed by atoms with Crippen molar-refractivity contribution < 1.29 is 4.74 Å². The number of thiophene rings is 1. The molecule has 5 heteroatoms. The summed E-state index contributed by atoms with van der Waals surface area (Å²) < 4.78 is 5.29. The van der Waals surface area contributed by atoms with Crippen molar-refractivity contribution in [2.75, 3.05) is 31.2 Å². The Balaban J connectivity index is 2.07. The quantitative estimate of drug-likeness (QED) is 0.449. The monoisotopic (exact) mass is 211 g/mol. The van der Waals surface area contributed by atoms with Gasteiger partial charge in [0.05, 0.1) is 24.4 Å². The first kappa shape index (κ1) is 9.48. The van der Waals surface area contributed by atoms with E-state index in [-0.39, 0.29) is 0 Å². The van der Waals surface area contributed by atoms with Crippen molar-refractivity contribution in [3.8, 4) is 0 Å². The van der Waals surface area contributed by atoms with E-state index in [0.717, 1.165) is 31.2 Å². The summed E-state index contributed by atoms with van der Waals surface area (Å²) in [6.07, 6.45) is 1.68. The number of hydrogen-bond donors (Lipinski definition) is 1. The van der Waals surface area contributed by atoms with Gasteiger partial charge in [-0.05, 0) is 12.1 Å². The number of anilines is 1. The second-order valence-corrected chi connectivity index (χ2v) is 4.15. The van der Waals surface area contributed by atoms with E-state index >= 15 is 0 Å². The minimum Gasteiger partial charge on any atom is -0.378 e. The molecule has 0 aromatic carbocycles. The van der Waals surface area contributed by atoms with Gasteiger partial charge in [-0.3, -0.25) is 0 Å². The highest BCUT2D eigenvalue weighted by molar-refractivity contribution is 7.17. The molecule has 14 heavy (non-hydrogen) atoms. The van der Waals surface area contributed by atoms with E-state index < -0.39 is 0 Å². The zero-order valence-electron chi connectivity index (χ0n) is 7.85. The minimum absolute atomic E-state index is 0.818. The van der Waals surface area contributed by atoms with Gasteiger partial charge in [-0.25, -0.2) is 0 Å². The van der Waals surface area contributed by atoms with Crippen LogP contribution in [-0.2, 0) is 4.74 Å². The molecule has 1 aliphatic heterocycles. The molecule has 2 N–H and O–H groups in total. The van der Waals surface area contributed by atoms with Crippen molar-refractivity contribution in [3.63, 3.8) is 0 Å². The second kappa shape index (κ2) is 4.43. The Hall–Kier alpha value is -1.07. The van der Waals surface area contributed by atoms with Gasteiger partial charge in [-0.15, -0.1) is 11.3 Å². The molecule has 76 valence electrons. The Kier molecular flexibility index (Phi) is 3.00. The van der Waals surface area contributed by atoms with Gasteiger partial charge in [0.15, 0.2) is 0 Å². The topological polar surface area (TPSA) is 50.8 Å². The van der Waals surface area contributed by atoms with Crippen molar-refractivity contribution in [2.45, 2.75) is 0 Å². The standard InChI is InChI=1S/C9H13N3OS/c10-11-7-8-1-2-9(14-8)12-3-5-13-6-4-12/h1-2,7H,3-6,10H2/b11-7+. The Morgan fingerprint density at radius 1 is 1.43 bits per heavy atom. The first-order valence-corrected chi connectivity index (χ1v) is 5.37. The van der Waals surface area contributed by atoms with Crippen LogP contribution in [0.25, 0.3) is 0 Å². The lowest BCUT2D eigenvalue weighted by Gasteiger charge is -2.27. The van der Waals surface area contributed by atoms with Crippen LogP contribution in [0.5, 0.6) is 0 Å². The number of hydrazone groups is 1. The molecule has 0 unspecified atom stereocenters. The molecule has 1 aliphatic rings. The molecule has 0 spiro atoms. The van der Waals surface area contributed by atoms with Crippen LogP contribution in [0.3, 0.4) is 0 Å². The van der Waals surface area contributed by atoms with Gasteiger partial charge < -0.3 is 15.5 Å². The second-order valence-electron chi connectivity index (χ2n) is 3.05. The number of morpholine rings is 1. The third kappa shape index (κ3) is 2.05. The normalized spacial score (nSPS) is 17.9.